The summed E-state index contributed by atoms with van der Waals surface area (Å²) in [5, 5.41) is 0. The van der Waals surface area contributed by atoms with Gasteiger partial charge in [0.1, 0.15) is 0 Å². The highest BCUT2D eigenvalue weighted by atomic mass is 16.5. The van der Waals surface area contributed by atoms with Crippen molar-refractivity contribution in [1.82, 2.24) is 0 Å². The third-order valence-electron chi connectivity index (χ3n) is 2.28. The Kier molecular flexibility index (Phi) is 4.35. The maximum atomic E-state index is 11.3. The van der Waals surface area contributed by atoms with Crippen molar-refractivity contribution in [3.05, 3.63) is 34.9 Å². The topological polar surface area (TPSA) is 26.3 Å². The van der Waals surface area contributed by atoms with Gasteiger partial charge in [-0.2, -0.15) is 0 Å². The second-order valence-electron chi connectivity index (χ2n) is 3.85. The average molecular weight is 206 g/mol. The summed E-state index contributed by atoms with van der Waals surface area (Å²) >= 11 is 0. The smallest absolute Gasteiger partial charge is 0.331 e. The van der Waals surface area contributed by atoms with Gasteiger partial charge in [0.25, 0.3) is 0 Å². The van der Waals surface area contributed by atoms with Gasteiger partial charge in [-0.15, -0.1) is 0 Å². The molecule has 0 aromatic carbocycles. The maximum absolute atomic E-state index is 11.3. The first-order chi connectivity index (χ1) is 7.11. The molecule has 0 saturated heterocycles. The van der Waals surface area contributed by atoms with E-state index in [-0.39, 0.29) is 5.97 Å². The Labute approximate surface area is 91.3 Å². The fourth-order valence-electron chi connectivity index (χ4n) is 1.66. The normalized spacial score (nSPS) is 19.3. The molecule has 1 aliphatic rings. The van der Waals surface area contributed by atoms with Gasteiger partial charge >= 0.3 is 5.97 Å². The number of hydrogen-bond acceptors (Lipinski definition) is 2. The highest BCUT2D eigenvalue weighted by molar-refractivity contribution is 5.83. The summed E-state index contributed by atoms with van der Waals surface area (Å²) in [7, 11) is 0. The third-order valence-corrected chi connectivity index (χ3v) is 2.28. The SMILES string of the molecule is CCOC(=O)/C=C1\C=C(C)C=C(C)CC1. The van der Waals surface area contributed by atoms with E-state index in [0.29, 0.717) is 6.61 Å². The number of ether oxygens (including phenoxy) is 1. The van der Waals surface area contributed by atoms with E-state index in [1.165, 1.54) is 11.1 Å². The van der Waals surface area contributed by atoms with Gasteiger partial charge in [-0.05, 0) is 39.2 Å². The first kappa shape index (κ1) is 11.8. The zero-order valence-electron chi connectivity index (χ0n) is 9.67. The molecule has 15 heavy (non-hydrogen) atoms. The van der Waals surface area contributed by atoms with Gasteiger partial charge in [0.05, 0.1) is 6.61 Å². The first-order valence-corrected chi connectivity index (χ1v) is 5.34. The quantitative estimate of drug-likeness (QED) is 0.512. The Morgan fingerprint density at radius 3 is 2.80 bits per heavy atom. The van der Waals surface area contributed by atoms with Gasteiger partial charge in [0.15, 0.2) is 0 Å². The lowest BCUT2D eigenvalue weighted by molar-refractivity contribution is -0.137. The molecule has 0 heterocycles. The predicted molar refractivity (Wildman–Crippen MR) is 61.5 cm³/mol. The summed E-state index contributed by atoms with van der Waals surface area (Å²) in [5.74, 6) is -0.240. The van der Waals surface area contributed by atoms with Crippen molar-refractivity contribution in [2.45, 2.75) is 33.6 Å². The van der Waals surface area contributed by atoms with Crippen molar-refractivity contribution < 1.29 is 9.53 Å². The van der Waals surface area contributed by atoms with E-state index in [2.05, 4.69) is 13.0 Å². The minimum atomic E-state index is -0.240. The monoisotopic (exact) mass is 206 g/mol. The Morgan fingerprint density at radius 1 is 1.40 bits per heavy atom. The van der Waals surface area contributed by atoms with Crippen molar-refractivity contribution >= 4 is 5.97 Å². The van der Waals surface area contributed by atoms with Crippen LogP contribution in [0, 0.1) is 0 Å². The van der Waals surface area contributed by atoms with Crippen molar-refractivity contribution in [2.75, 3.05) is 6.61 Å². The molecule has 0 spiro atoms. The summed E-state index contributed by atoms with van der Waals surface area (Å²) in [4.78, 5) is 11.3. The van der Waals surface area contributed by atoms with E-state index in [0.717, 1.165) is 18.4 Å². The molecule has 1 aliphatic carbocycles. The lowest BCUT2D eigenvalue weighted by atomic mass is 10.1. The highest BCUT2D eigenvalue weighted by Gasteiger charge is 2.05. The Bertz CT molecular complexity index is 332. The molecule has 0 amide bonds. The molecule has 82 valence electrons. The van der Waals surface area contributed by atoms with Crippen LogP contribution < -0.4 is 0 Å². The molecule has 0 bridgehead atoms. The molecule has 0 aliphatic heterocycles. The molecular formula is C13H18O2. The van der Waals surface area contributed by atoms with Crippen LogP contribution in [-0.4, -0.2) is 12.6 Å². The van der Waals surface area contributed by atoms with Crippen LogP contribution >= 0.6 is 0 Å². The summed E-state index contributed by atoms with van der Waals surface area (Å²) in [6.45, 7) is 6.41. The van der Waals surface area contributed by atoms with Crippen molar-refractivity contribution in [1.29, 1.82) is 0 Å². The van der Waals surface area contributed by atoms with E-state index in [1.54, 1.807) is 6.08 Å². The number of rotatable bonds is 2. The standard InChI is InChI=1S/C13H18O2/c1-4-15-13(14)9-12-6-5-10(2)7-11(3)8-12/h7-9H,4-6H2,1-3H3/b12-9-. The zero-order chi connectivity index (χ0) is 11.3. The van der Waals surface area contributed by atoms with Crippen LogP contribution in [0.2, 0.25) is 0 Å². The Balaban J connectivity index is 2.74. The highest BCUT2D eigenvalue weighted by Crippen LogP contribution is 2.20. The summed E-state index contributed by atoms with van der Waals surface area (Å²) in [5.41, 5.74) is 3.61. The molecule has 0 aromatic heterocycles. The van der Waals surface area contributed by atoms with Crippen LogP contribution in [0.3, 0.4) is 0 Å². The van der Waals surface area contributed by atoms with Crippen molar-refractivity contribution in [3.8, 4) is 0 Å². The fraction of sp³-hybridized carbons (Fsp3) is 0.462. The Hall–Kier alpha value is -1.31. The van der Waals surface area contributed by atoms with E-state index in [9.17, 15) is 4.79 Å². The number of esters is 1. The van der Waals surface area contributed by atoms with Gasteiger partial charge in [-0.3, -0.25) is 0 Å². The number of hydrogen-bond donors (Lipinski definition) is 0. The summed E-state index contributed by atoms with van der Waals surface area (Å²) in [6.07, 6.45) is 7.73. The second-order valence-corrected chi connectivity index (χ2v) is 3.85. The van der Waals surface area contributed by atoms with Gasteiger partial charge in [0.2, 0.25) is 0 Å². The molecule has 0 aromatic rings. The van der Waals surface area contributed by atoms with Crippen LogP contribution in [0.4, 0.5) is 0 Å². The lowest BCUT2D eigenvalue weighted by Crippen LogP contribution is -2.00. The molecule has 0 unspecified atom stereocenters. The summed E-state index contributed by atoms with van der Waals surface area (Å²) < 4.78 is 4.89. The molecule has 2 heteroatoms. The van der Waals surface area contributed by atoms with Gasteiger partial charge in [0, 0.05) is 6.08 Å². The third kappa shape index (κ3) is 4.15. The maximum Gasteiger partial charge on any atom is 0.331 e. The van der Waals surface area contributed by atoms with Gasteiger partial charge in [-0.25, -0.2) is 4.79 Å². The minimum absolute atomic E-state index is 0.240. The lowest BCUT2D eigenvalue weighted by Gasteiger charge is -2.00. The molecule has 0 atom stereocenters. The average Bonchev–Trinajstić information content (AvgIpc) is 2.27. The van der Waals surface area contributed by atoms with Crippen LogP contribution in [0.25, 0.3) is 0 Å². The number of carbonyl (C=O) groups is 1. The minimum Gasteiger partial charge on any atom is -0.463 e. The van der Waals surface area contributed by atoms with Gasteiger partial charge in [-0.1, -0.05) is 23.3 Å². The molecule has 0 N–H and O–H groups in total. The molecule has 0 fully saturated rings. The second kappa shape index (κ2) is 5.54. The van der Waals surface area contributed by atoms with Crippen LogP contribution in [-0.2, 0) is 9.53 Å². The van der Waals surface area contributed by atoms with Gasteiger partial charge < -0.3 is 4.74 Å². The fourth-order valence-corrected chi connectivity index (χ4v) is 1.66. The molecular weight excluding hydrogens is 188 g/mol. The molecule has 1 rings (SSSR count). The molecule has 0 saturated carbocycles. The van der Waals surface area contributed by atoms with E-state index in [4.69, 9.17) is 4.74 Å². The van der Waals surface area contributed by atoms with E-state index < -0.39 is 0 Å². The van der Waals surface area contributed by atoms with Crippen molar-refractivity contribution in [3.63, 3.8) is 0 Å². The van der Waals surface area contributed by atoms with Crippen LogP contribution in [0.15, 0.2) is 34.9 Å². The van der Waals surface area contributed by atoms with Crippen LogP contribution in [0.5, 0.6) is 0 Å². The first-order valence-electron chi connectivity index (χ1n) is 5.34. The predicted octanol–water partition coefficient (Wildman–Crippen LogP) is 3.16. The number of carbonyl (C=O) groups excluding carboxylic acids is 1. The van der Waals surface area contributed by atoms with Crippen molar-refractivity contribution in [2.24, 2.45) is 0 Å². The Morgan fingerprint density at radius 2 is 2.13 bits per heavy atom. The summed E-state index contributed by atoms with van der Waals surface area (Å²) in [6, 6.07) is 0. The largest absolute Gasteiger partial charge is 0.463 e. The van der Waals surface area contributed by atoms with Crippen LogP contribution in [0.1, 0.15) is 33.6 Å². The number of allylic oxidation sites excluding steroid dienone is 5. The van der Waals surface area contributed by atoms with E-state index in [1.807, 2.05) is 19.9 Å². The van der Waals surface area contributed by atoms with E-state index >= 15 is 0 Å². The molecule has 0 radical (unpaired) electrons. The molecule has 2 nitrogen and oxygen atoms in total. The zero-order valence-corrected chi connectivity index (χ0v) is 9.67.